The number of carbonyl (C=O) groups excluding carboxylic acids is 1. The number of aliphatic hydroxyl groups excluding tert-OH is 1. The Morgan fingerprint density at radius 1 is 1.33 bits per heavy atom. The van der Waals surface area contributed by atoms with Crippen molar-refractivity contribution in [3.05, 3.63) is 35.9 Å². The van der Waals surface area contributed by atoms with Crippen molar-refractivity contribution in [2.45, 2.75) is 26.0 Å². The normalized spacial score (nSPS) is 22.4. The summed E-state index contributed by atoms with van der Waals surface area (Å²) in [5, 5.41) is 9.70. The van der Waals surface area contributed by atoms with Crippen LogP contribution in [0.15, 0.2) is 35.9 Å². The van der Waals surface area contributed by atoms with Crippen molar-refractivity contribution in [1.82, 2.24) is 0 Å². The molecular formula is C14H17NO3. The van der Waals surface area contributed by atoms with Gasteiger partial charge in [0, 0.05) is 5.69 Å². The highest BCUT2D eigenvalue weighted by Gasteiger charge is 2.45. The van der Waals surface area contributed by atoms with Gasteiger partial charge in [0.05, 0.1) is 13.2 Å². The van der Waals surface area contributed by atoms with Crippen LogP contribution in [-0.4, -0.2) is 30.3 Å². The fourth-order valence-electron chi connectivity index (χ4n) is 2.04. The standard InChI is InChI=1S/C14H17NO3/c1-9(2)8-12-13(16)14(17)15(12)10-4-6-11(18-3)7-5-10/h4-8,12-13,16H,1-3H3. The average molecular weight is 247 g/mol. The van der Waals surface area contributed by atoms with E-state index >= 15 is 0 Å². The van der Waals surface area contributed by atoms with Gasteiger partial charge in [-0.2, -0.15) is 0 Å². The Hall–Kier alpha value is -1.81. The number of rotatable bonds is 3. The van der Waals surface area contributed by atoms with Gasteiger partial charge in [-0.05, 0) is 38.1 Å². The van der Waals surface area contributed by atoms with E-state index in [1.807, 2.05) is 32.1 Å². The lowest BCUT2D eigenvalue weighted by Crippen LogP contribution is -2.64. The number of benzene rings is 1. The van der Waals surface area contributed by atoms with Gasteiger partial charge >= 0.3 is 0 Å². The van der Waals surface area contributed by atoms with Crippen LogP contribution in [0.3, 0.4) is 0 Å². The maximum atomic E-state index is 11.7. The summed E-state index contributed by atoms with van der Waals surface area (Å²) in [4.78, 5) is 13.3. The first-order chi connectivity index (χ1) is 8.54. The van der Waals surface area contributed by atoms with Crippen molar-refractivity contribution in [3.8, 4) is 5.75 Å². The van der Waals surface area contributed by atoms with E-state index < -0.39 is 6.10 Å². The largest absolute Gasteiger partial charge is 0.497 e. The molecule has 1 heterocycles. The summed E-state index contributed by atoms with van der Waals surface area (Å²) in [6.07, 6.45) is 0.970. The summed E-state index contributed by atoms with van der Waals surface area (Å²) in [6.45, 7) is 3.89. The zero-order valence-corrected chi connectivity index (χ0v) is 10.8. The van der Waals surface area contributed by atoms with Crippen molar-refractivity contribution in [2.24, 2.45) is 0 Å². The van der Waals surface area contributed by atoms with Crippen LogP contribution in [0.4, 0.5) is 5.69 Å². The molecule has 0 radical (unpaired) electrons. The van der Waals surface area contributed by atoms with Crippen LogP contribution in [0.5, 0.6) is 5.75 Å². The lowest BCUT2D eigenvalue weighted by molar-refractivity contribution is -0.135. The first-order valence-corrected chi connectivity index (χ1v) is 5.85. The van der Waals surface area contributed by atoms with Crippen LogP contribution in [-0.2, 0) is 4.79 Å². The number of methoxy groups -OCH3 is 1. The molecule has 18 heavy (non-hydrogen) atoms. The minimum Gasteiger partial charge on any atom is -0.497 e. The fourth-order valence-corrected chi connectivity index (χ4v) is 2.04. The van der Waals surface area contributed by atoms with Crippen LogP contribution in [0.1, 0.15) is 13.8 Å². The van der Waals surface area contributed by atoms with Crippen LogP contribution in [0, 0.1) is 0 Å². The SMILES string of the molecule is COc1ccc(N2C(=O)C(O)C2C=C(C)C)cc1. The predicted octanol–water partition coefficient (Wildman–Crippen LogP) is 1.74. The summed E-state index contributed by atoms with van der Waals surface area (Å²) in [5.41, 5.74) is 1.85. The average Bonchev–Trinajstić information content (AvgIpc) is 2.38. The Labute approximate surface area is 106 Å². The molecule has 2 atom stereocenters. The molecule has 2 unspecified atom stereocenters. The number of ether oxygens (including phenoxy) is 1. The van der Waals surface area contributed by atoms with Crippen molar-refractivity contribution in [3.63, 3.8) is 0 Å². The molecule has 0 saturated carbocycles. The maximum absolute atomic E-state index is 11.7. The zero-order chi connectivity index (χ0) is 13.3. The molecule has 1 aliphatic heterocycles. The Morgan fingerprint density at radius 2 is 1.94 bits per heavy atom. The van der Waals surface area contributed by atoms with Crippen LogP contribution in [0.25, 0.3) is 0 Å². The second-order valence-corrected chi connectivity index (χ2v) is 4.59. The van der Waals surface area contributed by atoms with Gasteiger partial charge in [0.25, 0.3) is 5.91 Å². The minimum atomic E-state index is -0.929. The highest BCUT2D eigenvalue weighted by atomic mass is 16.5. The third-order valence-electron chi connectivity index (χ3n) is 2.97. The third kappa shape index (κ3) is 2.11. The number of allylic oxidation sites excluding steroid dienone is 1. The summed E-state index contributed by atoms with van der Waals surface area (Å²) in [7, 11) is 1.60. The van der Waals surface area contributed by atoms with Crippen LogP contribution >= 0.6 is 0 Å². The van der Waals surface area contributed by atoms with E-state index in [1.165, 1.54) is 0 Å². The van der Waals surface area contributed by atoms with E-state index in [4.69, 9.17) is 4.74 Å². The quantitative estimate of drug-likeness (QED) is 0.654. The lowest BCUT2D eigenvalue weighted by Gasteiger charge is -2.43. The molecule has 4 nitrogen and oxygen atoms in total. The Balaban J connectivity index is 2.25. The molecule has 4 heteroatoms. The summed E-state index contributed by atoms with van der Waals surface area (Å²) >= 11 is 0. The molecule has 1 aromatic carbocycles. The van der Waals surface area contributed by atoms with Crippen molar-refractivity contribution >= 4 is 11.6 Å². The first-order valence-electron chi connectivity index (χ1n) is 5.85. The highest BCUT2D eigenvalue weighted by Crippen LogP contribution is 2.30. The summed E-state index contributed by atoms with van der Waals surface area (Å²) in [6, 6.07) is 6.96. The number of anilines is 1. The fraction of sp³-hybridized carbons (Fsp3) is 0.357. The van der Waals surface area contributed by atoms with Gasteiger partial charge in [-0.1, -0.05) is 11.6 Å². The molecule has 1 aromatic rings. The summed E-state index contributed by atoms with van der Waals surface area (Å²) < 4.78 is 5.08. The molecule has 0 aliphatic carbocycles. The molecule has 0 aromatic heterocycles. The first kappa shape index (κ1) is 12.6. The zero-order valence-electron chi connectivity index (χ0n) is 10.8. The van der Waals surface area contributed by atoms with E-state index in [2.05, 4.69) is 0 Å². The van der Waals surface area contributed by atoms with E-state index in [1.54, 1.807) is 24.1 Å². The van der Waals surface area contributed by atoms with E-state index in [9.17, 15) is 9.90 Å². The number of nitrogens with zero attached hydrogens (tertiary/aromatic N) is 1. The number of amides is 1. The maximum Gasteiger partial charge on any atom is 0.258 e. The molecule has 1 fully saturated rings. The van der Waals surface area contributed by atoms with Crippen LogP contribution < -0.4 is 9.64 Å². The van der Waals surface area contributed by atoms with Gasteiger partial charge in [-0.3, -0.25) is 4.79 Å². The van der Waals surface area contributed by atoms with Gasteiger partial charge in [-0.15, -0.1) is 0 Å². The third-order valence-corrected chi connectivity index (χ3v) is 2.97. The minimum absolute atomic E-state index is 0.261. The molecule has 0 spiro atoms. The number of hydrogen-bond donors (Lipinski definition) is 1. The lowest BCUT2D eigenvalue weighted by atomic mass is 9.95. The number of hydrogen-bond acceptors (Lipinski definition) is 3. The van der Waals surface area contributed by atoms with Crippen LogP contribution in [0.2, 0.25) is 0 Å². The molecule has 96 valence electrons. The Morgan fingerprint density at radius 3 is 2.44 bits per heavy atom. The molecule has 1 N–H and O–H groups in total. The molecular weight excluding hydrogens is 230 g/mol. The van der Waals surface area contributed by atoms with Gasteiger partial charge < -0.3 is 14.7 Å². The monoisotopic (exact) mass is 247 g/mol. The van der Waals surface area contributed by atoms with Crippen molar-refractivity contribution in [2.75, 3.05) is 12.0 Å². The van der Waals surface area contributed by atoms with Crippen molar-refractivity contribution < 1.29 is 14.6 Å². The van der Waals surface area contributed by atoms with Gasteiger partial charge in [0.2, 0.25) is 0 Å². The second-order valence-electron chi connectivity index (χ2n) is 4.59. The summed E-state index contributed by atoms with van der Waals surface area (Å²) in [5.74, 6) is 0.480. The molecule has 2 rings (SSSR count). The molecule has 1 saturated heterocycles. The molecule has 0 bridgehead atoms. The molecule has 1 aliphatic rings. The Kier molecular flexibility index (Phi) is 3.39. The number of carbonyl (C=O) groups is 1. The number of aliphatic hydroxyl groups is 1. The topological polar surface area (TPSA) is 49.8 Å². The highest BCUT2D eigenvalue weighted by molar-refractivity contribution is 6.05. The second kappa shape index (κ2) is 4.82. The van der Waals surface area contributed by atoms with E-state index in [0.29, 0.717) is 0 Å². The van der Waals surface area contributed by atoms with Crippen molar-refractivity contribution in [1.29, 1.82) is 0 Å². The predicted molar refractivity (Wildman–Crippen MR) is 69.7 cm³/mol. The number of β-lactam (4-membered cyclic amide) rings is 1. The van der Waals surface area contributed by atoms with Gasteiger partial charge in [-0.25, -0.2) is 0 Å². The Bertz CT molecular complexity index is 474. The van der Waals surface area contributed by atoms with E-state index in [-0.39, 0.29) is 11.9 Å². The van der Waals surface area contributed by atoms with E-state index in [0.717, 1.165) is 17.0 Å². The van der Waals surface area contributed by atoms with Gasteiger partial charge in [0.1, 0.15) is 5.75 Å². The van der Waals surface area contributed by atoms with Gasteiger partial charge in [0.15, 0.2) is 6.10 Å². The smallest absolute Gasteiger partial charge is 0.258 e. The molecule has 1 amide bonds.